The van der Waals surface area contributed by atoms with E-state index in [1.165, 1.54) is 0 Å². The van der Waals surface area contributed by atoms with E-state index >= 15 is 0 Å². The van der Waals surface area contributed by atoms with Crippen molar-refractivity contribution in [1.82, 2.24) is 10.6 Å². The fourth-order valence-corrected chi connectivity index (χ4v) is 2.28. The van der Waals surface area contributed by atoms with Gasteiger partial charge in [-0.2, -0.15) is 0 Å². The number of benzene rings is 1. The average molecular weight is 301 g/mol. The zero-order chi connectivity index (χ0) is 16.3. The van der Waals surface area contributed by atoms with Crippen LogP contribution in [0.4, 0.5) is 5.69 Å². The summed E-state index contributed by atoms with van der Waals surface area (Å²) < 4.78 is 0. The van der Waals surface area contributed by atoms with Crippen LogP contribution < -0.4 is 10.6 Å². The highest BCUT2D eigenvalue weighted by Crippen LogP contribution is 2.24. The molecule has 1 fully saturated rings. The molecule has 0 spiro atoms. The van der Waals surface area contributed by atoms with Gasteiger partial charge in [0.05, 0.1) is 11.3 Å². The van der Waals surface area contributed by atoms with Crippen molar-refractivity contribution in [3.8, 4) is 0 Å². The Morgan fingerprint density at radius 1 is 1.32 bits per heavy atom. The number of para-hydroxylation sites is 1. The Morgan fingerprint density at radius 2 is 2.05 bits per heavy atom. The first-order valence-corrected chi connectivity index (χ1v) is 7.14. The lowest BCUT2D eigenvalue weighted by molar-refractivity contribution is -0.134. The van der Waals surface area contributed by atoms with Crippen molar-refractivity contribution in [1.29, 1.82) is 0 Å². The van der Waals surface area contributed by atoms with E-state index < -0.39 is 11.9 Å². The van der Waals surface area contributed by atoms with Crippen molar-refractivity contribution in [3.05, 3.63) is 29.3 Å². The van der Waals surface area contributed by atoms with Crippen LogP contribution in [0.25, 0.3) is 0 Å². The molecule has 116 valence electrons. The number of rotatable bonds is 3. The SMILES string of the molecule is CC(C)=Nc1c(C)cccc1C(=O)NC1CCC(=O)NC1=O. The molecule has 2 N–H and O–H groups in total. The van der Waals surface area contributed by atoms with Gasteiger partial charge in [0.25, 0.3) is 5.91 Å². The van der Waals surface area contributed by atoms with E-state index in [2.05, 4.69) is 15.6 Å². The maximum absolute atomic E-state index is 12.4. The third-order valence-corrected chi connectivity index (χ3v) is 3.36. The topological polar surface area (TPSA) is 87.6 Å². The molecule has 3 amide bonds. The summed E-state index contributed by atoms with van der Waals surface area (Å²) in [5, 5.41) is 4.90. The lowest BCUT2D eigenvalue weighted by atomic mass is 10.0. The van der Waals surface area contributed by atoms with Crippen molar-refractivity contribution in [3.63, 3.8) is 0 Å². The monoisotopic (exact) mass is 301 g/mol. The van der Waals surface area contributed by atoms with Crippen molar-refractivity contribution in [2.75, 3.05) is 0 Å². The van der Waals surface area contributed by atoms with Gasteiger partial charge in [-0.15, -0.1) is 0 Å². The van der Waals surface area contributed by atoms with Crippen molar-refractivity contribution in [2.24, 2.45) is 4.99 Å². The second-order valence-electron chi connectivity index (χ2n) is 5.51. The number of aryl methyl sites for hydroxylation is 1. The van der Waals surface area contributed by atoms with Crippen molar-refractivity contribution >= 4 is 29.1 Å². The lowest BCUT2D eigenvalue weighted by Crippen LogP contribution is -2.52. The van der Waals surface area contributed by atoms with Gasteiger partial charge in [-0.25, -0.2) is 0 Å². The summed E-state index contributed by atoms with van der Waals surface area (Å²) in [5.41, 5.74) is 2.75. The van der Waals surface area contributed by atoms with Gasteiger partial charge in [0.2, 0.25) is 11.8 Å². The minimum absolute atomic E-state index is 0.226. The van der Waals surface area contributed by atoms with E-state index in [-0.39, 0.29) is 18.2 Å². The van der Waals surface area contributed by atoms with Crippen LogP contribution in [0.15, 0.2) is 23.2 Å². The molecule has 6 heteroatoms. The molecule has 1 heterocycles. The molecule has 1 atom stereocenters. The zero-order valence-electron chi connectivity index (χ0n) is 12.9. The number of hydrogen-bond acceptors (Lipinski definition) is 4. The van der Waals surface area contributed by atoms with Crippen LogP contribution in [0.3, 0.4) is 0 Å². The molecule has 0 radical (unpaired) electrons. The van der Waals surface area contributed by atoms with Gasteiger partial charge in [-0.3, -0.25) is 24.7 Å². The van der Waals surface area contributed by atoms with Gasteiger partial charge in [-0.05, 0) is 38.8 Å². The van der Waals surface area contributed by atoms with Crippen molar-refractivity contribution < 1.29 is 14.4 Å². The molecule has 0 aromatic heterocycles. The highest BCUT2D eigenvalue weighted by atomic mass is 16.2. The largest absolute Gasteiger partial charge is 0.340 e. The number of hydrogen-bond donors (Lipinski definition) is 2. The average Bonchev–Trinajstić information content (AvgIpc) is 2.43. The minimum atomic E-state index is -0.690. The van der Waals surface area contributed by atoms with Gasteiger partial charge in [0, 0.05) is 12.1 Å². The second-order valence-corrected chi connectivity index (χ2v) is 5.51. The first-order chi connectivity index (χ1) is 10.4. The summed E-state index contributed by atoms with van der Waals surface area (Å²) in [6.45, 7) is 5.59. The van der Waals surface area contributed by atoms with E-state index in [4.69, 9.17) is 0 Å². The summed E-state index contributed by atoms with van der Waals surface area (Å²) in [4.78, 5) is 39.7. The molecule has 6 nitrogen and oxygen atoms in total. The summed E-state index contributed by atoms with van der Waals surface area (Å²) in [7, 11) is 0. The van der Waals surface area contributed by atoms with E-state index in [0.717, 1.165) is 11.3 Å². The summed E-state index contributed by atoms with van der Waals surface area (Å²) in [6.07, 6.45) is 0.539. The molecule has 1 aliphatic rings. The minimum Gasteiger partial charge on any atom is -0.340 e. The number of aliphatic imine (C=N–C) groups is 1. The van der Waals surface area contributed by atoms with Gasteiger partial charge in [-0.1, -0.05) is 12.1 Å². The fourth-order valence-electron chi connectivity index (χ4n) is 2.28. The van der Waals surface area contributed by atoms with E-state index in [1.54, 1.807) is 12.1 Å². The number of amides is 3. The van der Waals surface area contributed by atoms with Gasteiger partial charge in [0.15, 0.2) is 0 Å². The fraction of sp³-hybridized carbons (Fsp3) is 0.375. The maximum Gasteiger partial charge on any atom is 0.254 e. The predicted molar refractivity (Wildman–Crippen MR) is 83.3 cm³/mol. The van der Waals surface area contributed by atoms with Crippen LogP contribution in [0.2, 0.25) is 0 Å². The molecular formula is C16H19N3O3. The van der Waals surface area contributed by atoms with Crippen molar-refractivity contribution in [2.45, 2.75) is 39.7 Å². The Kier molecular flexibility index (Phi) is 4.70. The molecule has 22 heavy (non-hydrogen) atoms. The summed E-state index contributed by atoms with van der Waals surface area (Å²) >= 11 is 0. The van der Waals surface area contributed by atoms with Crippen LogP contribution in [-0.2, 0) is 9.59 Å². The van der Waals surface area contributed by atoms with E-state index in [1.807, 2.05) is 26.8 Å². The Labute approximate surface area is 129 Å². The Balaban J connectivity index is 2.23. The molecule has 0 bridgehead atoms. The molecule has 1 aromatic carbocycles. The number of nitrogens with zero attached hydrogens (tertiary/aromatic N) is 1. The Hall–Kier alpha value is -2.50. The zero-order valence-corrected chi connectivity index (χ0v) is 12.9. The predicted octanol–water partition coefficient (Wildman–Crippen LogP) is 1.64. The Morgan fingerprint density at radius 3 is 2.68 bits per heavy atom. The molecule has 1 aromatic rings. The normalized spacial score (nSPS) is 17.7. The number of imide groups is 1. The number of piperidine rings is 1. The highest BCUT2D eigenvalue weighted by Gasteiger charge is 2.28. The first kappa shape index (κ1) is 15.9. The van der Waals surface area contributed by atoms with Crippen LogP contribution in [0.1, 0.15) is 42.6 Å². The van der Waals surface area contributed by atoms with E-state index in [9.17, 15) is 14.4 Å². The third kappa shape index (κ3) is 3.58. The maximum atomic E-state index is 12.4. The Bertz CT molecular complexity index is 661. The standard InChI is InChI=1S/C16H19N3O3/c1-9(2)17-14-10(3)5-4-6-11(14)15(21)18-12-7-8-13(20)19-16(12)22/h4-6,12H,7-8H2,1-3H3,(H,18,21)(H,19,20,22). The molecule has 1 saturated heterocycles. The molecule has 1 aliphatic heterocycles. The first-order valence-electron chi connectivity index (χ1n) is 7.14. The van der Waals surface area contributed by atoms with Crippen LogP contribution in [-0.4, -0.2) is 29.5 Å². The number of carbonyl (C=O) groups is 3. The summed E-state index contributed by atoms with van der Waals surface area (Å²) in [5.74, 6) is -1.13. The van der Waals surface area contributed by atoms with Gasteiger partial charge >= 0.3 is 0 Å². The smallest absolute Gasteiger partial charge is 0.254 e. The molecule has 0 aliphatic carbocycles. The van der Waals surface area contributed by atoms with E-state index in [0.29, 0.717) is 17.7 Å². The van der Waals surface area contributed by atoms with Crippen LogP contribution in [0, 0.1) is 6.92 Å². The lowest BCUT2D eigenvalue weighted by Gasteiger charge is -2.22. The quantitative estimate of drug-likeness (QED) is 0.657. The summed E-state index contributed by atoms with van der Waals surface area (Å²) in [6, 6.07) is 4.64. The van der Waals surface area contributed by atoms with Crippen LogP contribution in [0.5, 0.6) is 0 Å². The van der Waals surface area contributed by atoms with Crippen LogP contribution >= 0.6 is 0 Å². The van der Waals surface area contributed by atoms with Gasteiger partial charge in [0.1, 0.15) is 6.04 Å². The molecule has 0 saturated carbocycles. The molecular weight excluding hydrogens is 282 g/mol. The molecule has 2 rings (SSSR count). The third-order valence-electron chi connectivity index (χ3n) is 3.36. The van der Waals surface area contributed by atoms with Gasteiger partial charge < -0.3 is 5.32 Å². The molecule has 1 unspecified atom stereocenters. The second kappa shape index (κ2) is 6.51. The number of nitrogens with one attached hydrogen (secondary N) is 2. The highest BCUT2D eigenvalue weighted by molar-refractivity contribution is 6.05. The number of carbonyl (C=O) groups excluding carboxylic acids is 3.